The number of guanidine groups is 1. The maximum Gasteiger partial charge on any atom is 0.223 e. The van der Waals surface area contributed by atoms with Gasteiger partial charge in [0.05, 0.1) is 13.2 Å². The van der Waals surface area contributed by atoms with Gasteiger partial charge >= 0.3 is 0 Å². The molecule has 7 heteroatoms. The van der Waals surface area contributed by atoms with Gasteiger partial charge in [0.15, 0.2) is 5.96 Å². The Labute approximate surface area is 196 Å². The fraction of sp³-hybridized carbons (Fsp3) is 0.500. The largest absolute Gasteiger partial charge is 0.477 e. The Morgan fingerprint density at radius 2 is 2.00 bits per heavy atom. The normalized spacial score (nSPS) is 18.5. The lowest BCUT2D eigenvalue weighted by atomic mass is 10.1. The number of hydrogen-bond donors (Lipinski definition) is 2. The molecule has 1 aromatic heterocycles. The van der Waals surface area contributed by atoms with Crippen LogP contribution in [0.3, 0.4) is 0 Å². The summed E-state index contributed by atoms with van der Waals surface area (Å²) in [6.45, 7) is 6.44. The van der Waals surface area contributed by atoms with Gasteiger partial charge in [0, 0.05) is 50.8 Å². The third-order valence-electron chi connectivity index (χ3n) is 6.09. The first-order chi connectivity index (χ1) is 16.2. The van der Waals surface area contributed by atoms with Crippen LogP contribution in [0.2, 0.25) is 0 Å². The highest BCUT2D eigenvalue weighted by Crippen LogP contribution is 2.29. The fourth-order valence-corrected chi connectivity index (χ4v) is 3.98. The molecule has 0 radical (unpaired) electrons. The number of carbonyl (C=O) groups excluding carboxylic acids is 1. The smallest absolute Gasteiger partial charge is 0.223 e. The van der Waals surface area contributed by atoms with Gasteiger partial charge in [0.1, 0.15) is 0 Å². The fourth-order valence-electron chi connectivity index (χ4n) is 3.98. The van der Waals surface area contributed by atoms with E-state index in [-0.39, 0.29) is 5.91 Å². The highest BCUT2D eigenvalue weighted by atomic mass is 16.5. The molecule has 1 aliphatic carbocycles. The molecule has 2 N–H and O–H groups in total. The van der Waals surface area contributed by atoms with Crippen molar-refractivity contribution in [1.29, 1.82) is 0 Å². The first-order valence-electron chi connectivity index (χ1n) is 12.1. The van der Waals surface area contributed by atoms with Crippen molar-refractivity contribution in [2.24, 2.45) is 16.8 Å². The molecular weight excluding hydrogens is 414 g/mol. The van der Waals surface area contributed by atoms with E-state index < -0.39 is 0 Å². The zero-order chi connectivity index (χ0) is 22.9. The molecule has 1 atom stereocenters. The predicted octanol–water partition coefficient (Wildman–Crippen LogP) is 3.02. The minimum Gasteiger partial charge on any atom is -0.477 e. The zero-order valence-electron chi connectivity index (χ0n) is 19.5. The van der Waals surface area contributed by atoms with E-state index in [1.807, 2.05) is 35.2 Å². The standard InChI is InChI=1S/C26H35N5O2/c1-2-27-26(29-16-22-10-12-28-24(14-22)33-19-21-8-9-21)30-17-23-15-25(32)31(18-23)13-11-20-6-4-3-5-7-20/h3-7,10,12,14,21,23H,2,8-9,11,13,15-19H2,1H3,(H2,27,29,30). The summed E-state index contributed by atoms with van der Waals surface area (Å²) in [6.07, 6.45) is 5.79. The number of ether oxygens (including phenoxy) is 1. The van der Waals surface area contributed by atoms with Gasteiger partial charge < -0.3 is 20.3 Å². The van der Waals surface area contributed by atoms with Crippen LogP contribution in [0.4, 0.5) is 0 Å². The van der Waals surface area contributed by atoms with Crippen LogP contribution in [-0.4, -0.2) is 54.5 Å². The van der Waals surface area contributed by atoms with Crippen LogP contribution in [0.15, 0.2) is 53.7 Å². The minimum atomic E-state index is 0.246. The van der Waals surface area contributed by atoms with Crippen molar-refractivity contribution in [3.05, 3.63) is 59.8 Å². The number of carbonyl (C=O) groups is 1. The van der Waals surface area contributed by atoms with Gasteiger partial charge in [-0.1, -0.05) is 30.3 Å². The van der Waals surface area contributed by atoms with E-state index in [0.717, 1.165) is 50.7 Å². The second kappa shape index (κ2) is 11.7. The first-order valence-corrected chi connectivity index (χ1v) is 12.1. The maximum absolute atomic E-state index is 12.5. The molecule has 1 aromatic carbocycles. The Morgan fingerprint density at radius 3 is 2.79 bits per heavy atom. The van der Waals surface area contributed by atoms with Crippen LogP contribution in [0.5, 0.6) is 5.88 Å². The van der Waals surface area contributed by atoms with Crippen molar-refractivity contribution < 1.29 is 9.53 Å². The van der Waals surface area contributed by atoms with Crippen molar-refractivity contribution in [3.63, 3.8) is 0 Å². The molecule has 2 fully saturated rings. The van der Waals surface area contributed by atoms with Gasteiger partial charge in [-0.25, -0.2) is 9.98 Å². The molecular formula is C26H35N5O2. The summed E-state index contributed by atoms with van der Waals surface area (Å²) in [5.74, 6) is 2.68. The number of benzene rings is 1. The average molecular weight is 450 g/mol. The lowest BCUT2D eigenvalue weighted by Gasteiger charge is -2.18. The molecule has 2 aromatic rings. The van der Waals surface area contributed by atoms with Crippen LogP contribution < -0.4 is 15.4 Å². The molecule has 4 rings (SSSR count). The van der Waals surface area contributed by atoms with Crippen LogP contribution in [0.1, 0.15) is 37.3 Å². The monoisotopic (exact) mass is 449 g/mol. The third-order valence-corrected chi connectivity index (χ3v) is 6.09. The van der Waals surface area contributed by atoms with Gasteiger partial charge in [0.25, 0.3) is 0 Å². The highest BCUT2D eigenvalue weighted by molar-refractivity contribution is 5.81. The number of aromatic nitrogens is 1. The molecule has 2 heterocycles. The van der Waals surface area contributed by atoms with E-state index in [0.29, 0.717) is 30.7 Å². The number of nitrogens with one attached hydrogen (secondary N) is 2. The topological polar surface area (TPSA) is 78.9 Å². The quantitative estimate of drug-likeness (QED) is 0.407. The minimum absolute atomic E-state index is 0.246. The number of hydrogen-bond acceptors (Lipinski definition) is 4. The molecule has 33 heavy (non-hydrogen) atoms. The van der Waals surface area contributed by atoms with Gasteiger partial charge in [0.2, 0.25) is 11.8 Å². The Balaban J connectivity index is 1.24. The molecule has 0 spiro atoms. The van der Waals surface area contributed by atoms with Gasteiger partial charge in [-0.2, -0.15) is 0 Å². The Bertz CT molecular complexity index is 929. The third kappa shape index (κ3) is 7.48. The van der Waals surface area contributed by atoms with Gasteiger partial charge in [-0.3, -0.25) is 4.79 Å². The predicted molar refractivity (Wildman–Crippen MR) is 130 cm³/mol. The summed E-state index contributed by atoms with van der Waals surface area (Å²) in [4.78, 5) is 23.5. The second-order valence-corrected chi connectivity index (χ2v) is 8.98. The number of pyridine rings is 1. The average Bonchev–Trinajstić information content (AvgIpc) is 3.60. The number of amides is 1. The maximum atomic E-state index is 12.5. The summed E-state index contributed by atoms with van der Waals surface area (Å²) in [6, 6.07) is 14.3. The molecule has 176 valence electrons. The number of aliphatic imine (C=N–C) groups is 1. The molecule has 1 amide bonds. The summed E-state index contributed by atoms with van der Waals surface area (Å²) < 4.78 is 5.78. The lowest BCUT2D eigenvalue weighted by molar-refractivity contribution is -0.127. The van der Waals surface area contributed by atoms with Crippen molar-refractivity contribution in [2.45, 2.75) is 39.2 Å². The van der Waals surface area contributed by atoms with Crippen molar-refractivity contribution in [1.82, 2.24) is 20.5 Å². The number of nitrogens with zero attached hydrogens (tertiary/aromatic N) is 3. The van der Waals surface area contributed by atoms with E-state index in [2.05, 4.69) is 34.7 Å². The highest BCUT2D eigenvalue weighted by Gasteiger charge is 2.29. The Morgan fingerprint density at radius 1 is 1.15 bits per heavy atom. The number of rotatable bonds is 11. The van der Waals surface area contributed by atoms with Crippen molar-refractivity contribution in [3.8, 4) is 5.88 Å². The van der Waals surface area contributed by atoms with E-state index >= 15 is 0 Å². The van der Waals surface area contributed by atoms with Gasteiger partial charge in [-0.15, -0.1) is 0 Å². The lowest BCUT2D eigenvalue weighted by Crippen LogP contribution is -2.40. The Kier molecular flexibility index (Phi) is 8.17. The molecule has 1 aliphatic heterocycles. The first kappa shape index (κ1) is 23.1. The molecule has 1 saturated heterocycles. The van der Waals surface area contributed by atoms with Gasteiger partial charge in [-0.05, 0) is 49.3 Å². The Hall–Kier alpha value is -3.09. The summed E-state index contributed by atoms with van der Waals surface area (Å²) in [7, 11) is 0. The van der Waals surface area contributed by atoms with E-state index in [9.17, 15) is 4.79 Å². The summed E-state index contributed by atoms with van der Waals surface area (Å²) in [5, 5.41) is 6.73. The summed E-state index contributed by atoms with van der Waals surface area (Å²) in [5.41, 5.74) is 2.33. The molecule has 7 nitrogen and oxygen atoms in total. The molecule has 1 unspecified atom stereocenters. The van der Waals surface area contributed by atoms with Crippen molar-refractivity contribution in [2.75, 3.05) is 32.8 Å². The zero-order valence-corrected chi connectivity index (χ0v) is 19.5. The van der Waals surface area contributed by atoms with E-state index in [1.54, 1.807) is 6.20 Å². The second-order valence-electron chi connectivity index (χ2n) is 8.98. The van der Waals surface area contributed by atoms with Crippen LogP contribution >= 0.6 is 0 Å². The van der Waals surface area contributed by atoms with E-state index in [4.69, 9.17) is 9.73 Å². The number of likely N-dealkylation sites (tertiary alicyclic amines) is 1. The molecule has 2 aliphatic rings. The molecule has 0 bridgehead atoms. The van der Waals surface area contributed by atoms with Crippen LogP contribution in [-0.2, 0) is 17.8 Å². The van der Waals surface area contributed by atoms with E-state index in [1.165, 1.54) is 18.4 Å². The SMILES string of the molecule is CCNC(=NCc1ccnc(OCC2CC2)c1)NCC1CC(=O)N(CCc2ccccc2)C1. The van der Waals surface area contributed by atoms with Crippen molar-refractivity contribution >= 4 is 11.9 Å². The molecule has 1 saturated carbocycles. The van der Waals surface area contributed by atoms with Crippen LogP contribution in [0, 0.1) is 11.8 Å². The summed E-state index contributed by atoms with van der Waals surface area (Å²) >= 11 is 0. The van der Waals surface area contributed by atoms with Crippen LogP contribution in [0.25, 0.3) is 0 Å².